The Morgan fingerprint density at radius 2 is 2.38 bits per heavy atom. The van der Waals surface area contributed by atoms with E-state index in [0.29, 0.717) is 0 Å². The summed E-state index contributed by atoms with van der Waals surface area (Å²) in [5, 5.41) is 11.2. The minimum absolute atomic E-state index is 0.281. The number of dihydropyridines is 1. The van der Waals surface area contributed by atoms with E-state index in [9.17, 15) is 10.1 Å². The molecule has 0 saturated carbocycles. The van der Waals surface area contributed by atoms with Crippen molar-refractivity contribution >= 4 is 11.6 Å². The van der Waals surface area contributed by atoms with Crippen LogP contribution in [0.4, 0.5) is 0 Å². The van der Waals surface area contributed by atoms with Crippen molar-refractivity contribution < 1.29 is 9.66 Å². The molecule has 72 valence electrons. The summed E-state index contributed by atoms with van der Waals surface area (Å²) in [5.41, 5.74) is 5.09. The van der Waals surface area contributed by atoms with E-state index in [1.807, 2.05) is 0 Å². The maximum atomic E-state index is 10.4. The average Bonchev–Trinajstić information content (AvgIpc) is 2.01. The number of nitrogens with one attached hydrogen (secondary N) is 1. The predicted octanol–water partition coefficient (Wildman–Crippen LogP) is 0.0893. The molecule has 13 heavy (non-hydrogen) atoms. The highest BCUT2D eigenvalue weighted by molar-refractivity contribution is 6.25. The first-order valence-corrected chi connectivity index (χ1v) is 3.72. The van der Waals surface area contributed by atoms with Gasteiger partial charge in [-0.25, -0.2) is 0 Å². The van der Waals surface area contributed by atoms with Gasteiger partial charge in [0.05, 0.1) is 12.0 Å². The van der Waals surface area contributed by atoms with E-state index < -0.39 is 10.0 Å². The van der Waals surface area contributed by atoms with Crippen molar-refractivity contribution in [3.8, 4) is 0 Å². The van der Waals surface area contributed by atoms with Crippen LogP contribution in [0, 0.1) is 10.1 Å². The van der Waals surface area contributed by atoms with E-state index in [2.05, 4.69) is 5.32 Å². The molecule has 0 aromatic carbocycles. The van der Waals surface area contributed by atoms with Crippen LogP contribution in [0.3, 0.4) is 0 Å². The van der Waals surface area contributed by atoms with Gasteiger partial charge >= 0.3 is 5.70 Å². The molecule has 7 heteroatoms. The van der Waals surface area contributed by atoms with Gasteiger partial charge in [-0.3, -0.25) is 15.8 Å². The summed E-state index contributed by atoms with van der Waals surface area (Å²) < 4.78 is 4.77. The molecule has 0 radical (unpaired) electrons. The van der Waals surface area contributed by atoms with Crippen LogP contribution >= 0.6 is 11.6 Å². The van der Waals surface area contributed by atoms with Crippen LogP contribution in [0.25, 0.3) is 0 Å². The minimum Gasteiger partial charge on any atom is -0.482 e. The Balaban J connectivity index is 3.00. The first-order chi connectivity index (χ1) is 5.97. The first kappa shape index (κ1) is 9.82. The Bertz CT molecular complexity index is 297. The van der Waals surface area contributed by atoms with Crippen molar-refractivity contribution in [3.05, 3.63) is 33.8 Å². The van der Waals surface area contributed by atoms with Gasteiger partial charge in [0.15, 0.2) is 5.88 Å². The van der Waals surface area contributed by atoms with Crippen LogP contribution in [0.2, 0.25) is 0 Å². The standard InChI is InChI=1S/C6H8ClN3O3/c1-13-5-3-2-4(10(11)12)6(7,8)9-5/h2-3,9H,8H2,1H3. The quantitative estimate of drug-likeness (QED) is 0.289. The van der Waals surface area contributed by atoms with Gasteiger partial charge in [-0.1, -0.05) is 11.6 Å². The maximum Gasteiger partial charge on any atom is 0.302 e. The van der Waals surface area contributed by atoms with Crippen LogP contribution in [-0.4, -0.2) is 17.2 Å². The zero-order valence-electron chi connectivity index (χ0n) is 6.78. The van der Waals surface area contributed by atoms with Gasteiger partial charge in [-0.05, 0) is 0 Å². The molecule has 6 nitrogen and oxygen atoms in total. The molecule has 0 aromatic rings. The third-order valence-electron chi connectivity index (χ3n) is 1.49. The zero-order valence-corrected chi connectivity index (χ0v) is 7.54. The van der Waals surface area contributed by atoms with Gasteiger partial charge in [0.25, 0.3) is 5.12 Å². The van der Waals surface area contributed by atoms with Crippen LogP contribution in [0.5, 0.6) is 0 Å². The fourth-order valence-corrected chi connectivity index (χ4v) is 1.10. The normalized spacial score (nSPS) is 27.0. The van der Waals surface area contributed by atoms with E-state index in [0.717, 1.165) is 0 Å². The number of rotatable bonds is 2. The van der Waals surface area contributed by atoms with E-state index in [1.54, 1.807) is 0 Å². The van der Waals surface area contributed by atoms with Gasteiger partial charge in [0.2, 0.25) is 0 Å². The van der Waals surface area contributed by atoms with Crippen molar-refractivity contribution in [2.45, 2.75) is 5.12 Å². The molecule has 0 spiro atoms. The number of nitrogens with two attached hydrogens (primary N) is 1. The number of nitro groups is 1. The Labute approximate surface area is 79.1 Å². The Kier molecular flexibility index (Phi) is 2.44. The van der Waals surface area contributed by atoms with E-state index in [4.69, 9.17) is 22.1 Å². The summed E-state index contributed by atoms with van der Waals surface area (Å²) in [6.07, 6.45) is 2.58. The predicted molar refractivity (Wildman–Crippen MR) is 46.1 cm³/mol. The zero-order chi connectivity index (χ0) is 10.1. The fraction of sp³-hybridized carbons (Fsp3) is 0.333. The molecule has 0 fully saturated rings. The SMILES string of the molecule is COC1=CC=C([N+](=O)[O-])C(N)(Cl)N1. The van der Waals surface area contributed by atoms with Crippen LogP contribution in [-0.2, 0) is 4.74 Å². The number of ether oxygens (including phenoxy) is 1. The third kappa shape index (κ3) is 1.90. The molecule has 0 aromatic heterocycles. The molecule has 1 rings (SSSR count). The monoisotopic (exact) mass is 205 g/mol. The molecule has 0 aliphatic carbocycles. The highest BCUT2D eigenvalue weighted by Gasteiger charge is 2.39. The fourth-order valence-electron chi connectivity index (χ4n) is 0.874. The number of methoxy groups -OCH3 is 1. The number of hydrogen-bond donors (Lipinski definition) is 2. The molecule has 3 N–H and O–H groups in total. The largest absolute Gasteiger partial charge is 0.482 e. The molecule has 0 amide bonds. The van der Waals surface area contributed by atoms with Gasteiger partial charge in [-0.15, -0.1) is 0 Å². The molecule has 1 heterocycles. The minimum atomic E-state index is -1.72. The van der Waals surface area contributed by atoms with Crippen LogP contribution in [0.15, 0.2) is 23.7 Å². The highest BCUT2D eigenvalue weighted by atomic mass is 35.5. The van der Waals surface area contributed by atoms with E-state index in [1.165, 1.54) is 19.3 Å². The molecule has 1 aliphatic heterocycles. The lowest BCUT2D eigenvalue weighted by molar-refractivity contribution is -0.432. The summed E-state index contributed by atoms with van der Waals surface area (Å²) in [7, 11) is 1.40. The van der Waals surface area contributed by atoms with Crippen molar-refractivity contribution in [1.29, 1.82) is 0 Å². The summed E-state index contributed by atoms with van der Waals surface area (Å²) in [4.78, 5) is 9.78. The lowest BCUT2D eigenvalue weighted by Crippen LogP contribution is -2.52. The molecule has 1 unspecified atom stereocenters. The van der Waals surface area contributed by atoms with Gasteiger partial charge in [-0.2, -0.15) is 0 Å². The Morgan fingerprint density at radius 3 is 2.77 bits per heavy atom. The summed E-state index contributed by atoms with van der Waals surface area (Å²) >= 11 is 5.64. The smallest absolute Gasteiger partial charge is 0.302 e. The first-order valence-electron chi connectivity index (χ1n) is 3.34. The van der Waals surface area contributed by atoms with Crippen LogP contribution in [0.1, 0.15) is 0 Å². The Hall–Kier alpha value is -1.27. The van der Waals surface area contributed by atoms with Crippen molar-refractivity contribution in [2.75, 3.05) is 7.11 Å². The van der Waals surface area contributed by atoms with Crippen molar-refractivity contribution in [3.63, 3.8) is 0 Å². The van der Waals surface area contributed by atoms with Crippen molar-refractivity contribution in [2.24, 2.45) is 5.73 Å². The molecular formula is C6H8ClN3O3. The number of alkyl halides is 1. The number of halogens is 1. The van der Waals surface area contributed by atoms with Crippen molar-refractivity contribution in [1.82, 2.24) is 5.32 Å². The topological polar surface area (TPSA) is 90.4 Å². The Morgan fingerprint density at radius 1 is 1.77 bits per heavy atom. The number of allylic oxidation sites excluding steroid dienone is 2. The summed E-state index contributed by atoms with van der Waals surface area (Å²) in [6.45, 7) is 0. The lowest BCUT2D eigenvalue weighted by Gasteiger charge is -2.24. The van der Waals surface area contributed by atoms with Crippen LogP contribution < -0.4 is 11.1 Å². The average molecular weight is 206 g/mol. The summed E-state index contributed by atoms with van der Waals surface area (Å²) in [5.74, 6) is 0.281. The lowest BCUT2D eigenvalue weighted by atomic mass is 10.2. The number of nitrogens with zero attached hydrogens (tertiary/aromatic N) is 1. The van der Waals surface area contributed by atoms with E-state index in [-0.39, 0.29) is 11.6 Å². The molecule has 0 saturated heterocycles. The van der Waals surface area contributed by atoms with Gasteiger partial charge in [0.1, 0.15) is 0 Å². The highest BCUT2D eigenvalue weighted by Crippen LogP contribution is 2.22. The molecular weight excluding hydrogens is 198 g/mol. The molecule has 1 aliphatic rings. The molecule has 0 bridgehead atoms. The second kappa shape index (κ2) is 3.23. The van der Waals surface area contributed by atoms with Gasteiger partial charge < -0.3 is 10.1 Å². The summed E-state index contributed by atoms with van der Waals surface area (Å²) in [6, 6.07) is 0. The van der Waals surface area contributed by atoms with Gasteiger partial charge in [0, 0.05) is 12.2 Å². The van der Waals surface area contributed by atoms with E-state index >= 15 is 0 Å². The third-order valence-corrected chi connectivity index (χ3v) is 1.78. The molecule has 1 atom stereocenters. The second-order valence-corrected chi connectivity index (χ2v) is 2.98. The maximum absolute atomic E-state index is 10.4. The second-order valence-electron chi connectivity index (χ2n) is 2.38. The number of hydrogen-bond acceptors (Lipinski definition) is 5.